The van der Waals surface area contributed by atoms with Crippen LogP contribution in [0.4, 0.5) is 0 Å². The first-order valence-corrected chi connectivity index (χ1v) is 9.96. The molecule has 0 spiro atoms. The van der Waals surface area contributed by atoms with Gasteiger partial charge in [-0.3, -0.25) is 9.78 Å². The van der Waals surface area contributed by atoms with Crippen LogP contribution >= 0.6 is 15.9 Å². The minimum absolute atomic E-state index is 0.0421. The Hall–Kier alpha value is -2.25. The fourth-order valence-corrected chi connectivity index (χ4v) is 3.91. The molecule has 0 aliphatic heterocycles. The van der Waals surface area contributed by atoms with Crippen LogP contribution in [0, 0.1) is 0 Å². The van der Waals surface area contributed by atoms with Gasteiger partial charge in [-0.05, 0) is 71.9 Å². The van der Waals surface area contributed by atoms with Gasteiger partial charge < -0.3 is 9.73 Å². The molecular formula is C20H21BrN4O2. The highest BCUT2D eigenvalue weighted by atomic mass is 79.9. The Balaban J connectivity index is 1.40. The number of aromatic nitrogens is 3. The molecule has 1 N–H and O–H groups in total. The van der Waals surface area contributed by atoms with Crippen LogP contribution in [-0.4, -0.2) is 20.8 Å². The molecule has 1 saturated carbocycles. The molecule has 3 aromatic heterocycles. The molecule has 0 amide bonds. The van der Waals surface area contributed by atoms with Gasteiger partial charge in [-0.15, -0.1) is 0 Å². The fraction of sp³-hybridized carbons (Fsp3) is 0.350. The first-order valence-electron chi connectivity index (χ1n) is 9.17. The Bertz CT molecular complexity index is 946. The molecule has 27 heavy (non-hydrogen) atoms. The van der Waals surface area contributed by atoms with Crippen LogP contribution < -0.4 is 10.9 Å². The lowest BCUT2D eigenvalue weighted by Gasteiger charge is -2.29. The number of furan rings is 1. The predicted octanol–water partition coefficient (Wildman–Crippen LogP) is 3.93. The Kier molecular flexibility index (Phi) is 5.50. The molecule has 140 valence electrons. The second-order valence-corrected chi connectivity index (χ2v) is 7.62. The van der Waals surface area contributed by atoms with Gasteiger partial charge in [-0.25, -0.2) is 4.68 Å². The van der Waals surface area contributed by atoms with Crippen LogP contribution in [0.5, 0.6) is 0 Å². The van der Waals surface area contributed by atoms with Gasteiger partial charge in [0, 0.05) is 30.1 Å². The summed E-state index contributed by atoms with van der Waals surface area (Å²) in [6, 6.07) is 11.7. The third kappa shape index (κ3) is 4.36. The topological polar surface area (TPSA) is 73.0 Å². The molecule has 7 heteroatoms. The van der Waals surface area contributed by atoms with E-state index in [1.54, 1.807) is 29.2 Å². The van der Waals surface area contributed by atoms with Gasteiger partial charge in [-0.2, -0.15) is 5.10 Å². The lowest BCUT2D eigenvalue weighted by atomic mass is 9.91. The summed E-state index contributed by atoms with van der Waals surface area (Å²) in [5.41, 5.74) is 1.66. The third-order valence-electron chi connectivity index (χ3n) is 5.02. The first kappa shape index (κ1) is 18.1. The summed E-state index contributed by atoms with van der Waals surface area (Å²) in [6.45, 7) is 0.718. The van der Waals surface area contributed by atoms with E-state index in [2.05, 4.69) is 31.3 Å². The highest BCUT2D eigenvalue weighted by Crippen LogP contribution is 2.28. The highest BCUT2D eigenvalue weighted by Gasteiger charge is 2.24. The number of hydrogen-bond donors (Lipinski definition) is 1. The Labute approximate surface area is 165 Å². The van der Waals surface area contributed by atoms with Gasteiger partial charge >= 0.3 is 0 Å². The molecular weight excluding hydrogens is 408 g/mol. The second kappa shape index (κ2) is 8.19. The average Bonchev–Trinajstić information content (AvgIpc) is 3.13. The summed E-state index contributed by atoms with van der Waals surface area (Å²) in [6.07, 6.45) is 7.39. The van der Waals surface area contributed by atoms with E-state index in [1.807, 2.05) is 24.3 Å². The number of halogens is 1. The number of hydrogen-bond acceptors (Lipinski definition) is 5. The smallest absolute Gasteiger partial charge is 0.267 e. The number of pyridine rings is 1. The van der Waals surface area contributed by atoms with Crippen molar-refractivity contribution in [2.75, 3.05) is 0 Å². The molecule has 0 bridgehead atoms. The van der Waals surface area contributed by atoms with Crippen molar-refractivity contribution in [2.24, 2.45) is 0 Å². The molecule has 0 aromatic carbocycles. The minimum atomic E-state index is -0.0421. The lowest BCUT2D eigenvalue weighted by molar-refractivity contribution is 0.265. The van der Waals surface area contributed by atoms with Crippen molar-refractivity contribution in [3.05, 3.63) is 69.6 Å². The molecule has 0 saturated heterocycles. The van der Waals surface area contributed by atoms with Gasteiger partial charge in [0.2, 0.25) is 0 Å². The van der Waals surface area contributed by atoms with Crippen molar-refractivity contribution in [1.29, 1.82) is 0 Å². The maximum atomic E-state index is 12.3. The van der Waals surface area contributed by atoms with Crippen LogP contribution in [0.1, 0.15) is 37.5 Å². The Morgan fingerprint density at radius 1 is 1.15 bits per heavy atom. The van der Waals surface area contributed by atoms with E-state index >= 15 is 0 Å². The highest BCUT2D eigenvalue weighted by molar-refractivity contribution is 9.10. The van der Waals surface area contributed by atoms with E-state index in [0.717, 1.165) is 53.9 Å². The molecule has 6 nitrogen and oxygen atoms in total. The summed E-state index contributed by atoms with van der Waals surface area (Å²) in [5, 5.41) is 8.16. The lowest BCUT2D eigenvalue weighted by Crippen LogP contribution is -2.36. The molecule has 0 unspecified atom stereocenters. The maximum absolute atomic E-state index is 12.3. The zero-order chi connectivity index (χ0) is 18.6. The van der Waals surface area contributed by atoms with Gasteiger partial charge in [0.05, 0.1) is 18.3 Å². The van der Waals surface area contributed by atoms with Crippen molar-refractivity contribution in [1.82, 2.24) is 20.1 Å². The van der Waals surface area contributed by atoms with E-state index < -0.39 is 0 Å². The molecule has 3 aromatic rings. The largest absolute Gasteiger partial charge is 0.453 e. The molecule has 0 radical (unpaired) electrons. The molecule has 1 aliphatic rings. The van der Waals surface area contributed by atoms with Crippen molar-refractivity contribution in [3.63, 3.8) is 0 Å². The van der Waals surface area contributed by atoms with Gasteiger partial charge in [0.25, 0.3) is 5.56 Å². The first-order chi connectivity index (χ1) is 13.2. The van der Waals surface area contributed by atoms with Crippen molar-refractivity contribution in [2.45, 2.75) is 44.3 Å². The second-order valence-electron chi connectivity index (χ2n) is 6.84. The quantitative estimate of drug-likeness (QED) is 0.666. The molecule has 3 heterocycles. The zero-order valence-corrected chi connectivity index (χ0v) is 16.4. The van der Waals surface area contributed by atoms with E-state index in [0.29, 0.717) is 6.04 Å². The standard InChI is InChI=1S/C20H21BrN4O2/c21-19-9-7-17(27-19)13-23-15-3-5-16(6-4-15)25-20(26)10-8-18(24-25)14-2-1-11-22-12-14/h1-2,7-12,15-16,23H,3-6,13H2. The van der Waals surface area contributed by atoms with E-state index in [9.17, 15) is 4.79 Å². The van der Waals surface area contributed by atoms with E-state index in [-0.39, 0.29) is 11.6 Å². The van der Waals surface area contributed by atoms with Crippen molar-refractivity contribution in [3.8, 4) is 11.3 Å². The fourth-order valence-electron chi connectivity index (χ4n) is 3.57. The number of nitrogens with one attached hydrogen (secondary N) is 1. The summed E-state index contributed by atoms with van der Waals surface area (Å²) in [7, 11) is 0. The van der Waals surface area contributed by atoms with Crippen LogP contribution in [-0.2, 0) is 6.54 Å². The molecule has 0 atom stereocenters. The number of rotatable bonds is 5. The van der Waals surface area contributed by atoms with Crippen LogP contribution in [0.25, 0.3) is 11.3 Å². The van der Waals surface area contributed by atoms with Crippen molar-refractivity contribution >= 4 is 15.9 Å². The van der Waals surface area contributed by atoms with Crippen molar-refractivity contribution < 1.29 is 4.42 Å². The number of nitrogens with zero attached hydrogens (tertiary/aromatic N) is 3. The van der Waals surface area contributed by atoms with Gasteiger partial charge in [0.1, 0.15) is 5.76 Å². The van der Waals surface area contributed by atoms with Gasteiger partial charge in [-0.1, -0.05) is 0 Å². The van der Waals surface area contributed by atoms with E-state index in [1.165, 1.54) is 0 Å². The maximum Gasteiger partial charge on any atom is 0.267 e. The summed E-state index contributed by atoms with van der Waals surface area (Å²) >= 11 is 3.32. The van der Waals surface area contributed by atoms with Crippen LogP contribution in [0.3, 0.4) is 0 Å². The average molecular weight is 429 g/mol. The Morgan fingerprint density at radius 3 is 2.70 bits per heavy atom. The molecule has 1 aliphatic carbocycles. The van der Waals surface area contributed by atoms with Gasteiger partial charge in [0.15, 0.2) is 4.67 Å². The Morgan fingerprint density at radius 2 is 2.00 bits per heavy atom. The predicted molar refractivity (Wildman–Crippen MR) is 106 cm³/mol. The summed E-state index contributed by atoms with van der Waals surface area (Å²) in [5.74, 6) is 0.922. The van der Waals surface area contributed by atoms with Crippen LogP contribution in [0.2, 0.25) is 0 Å². The zero-order valence-electron chi connectivity index (χ0n) is 14.8. The summed E-state index contributed by atoms with van der Waals surface area (Å²) < 4.78 is 7.94. The van der Waals surface area contributed by atoms with E-state index in [4.69, 9.17) is 4.42 Å². The van der Waals surface area contributed by atoms with Crippen LogP contribution in [0.15, 0.2) is 62.7 Å². The monoisotopic (exact) mass is 428 g/mol. The molecule has 1 fully saturated rings. The SMILES string of the molecule is O=c1ccc(-c2cccnc2)nn1C1CCC(NCc2ccc(Br)o2)CC1. The normalized spacial score (nSPS) is 19.9. The molecule has 4 rings (SSSR count). The minimum Gasteiger partial charge on any atom is -0.453 e. The third-order valence-corrected chi connectivity index (χ3v) is 5.44. The summed E-state index contributed by atoms with van der Waals surface area (Å²) in [4.78, 5) is 16.5.